The summed E-state index contributed by atoms with van der Waals surface area (Å²) in [6, 6.07) is 10.8. The van der Waals surface area contributed by atoms with Crippen LogP contribution in [0.5, 0.6) is 0 Å². The van der Waals surface area contributed by atoms with Gasteiger partial charge >= 0.3 is 0 Å². The second-order valence-electron chi connectivity index (χ2n) is 8.26. The van der Waals surface area contributed by atoms with Crippen molar-refractivity contribution in [3.8, 4) is 11.3 Å². The van der Waals surface area contributed by atoms with E-state index in [0.29, 0.717) is 28.6 Å². The Balaban J connectivity index is 1.11. The monoisotopic (exact) mass is 492 g/mol. The standard InChI is InChI=1S/C24H24N6O2S2/c31-22-21(34-24(32)30-22)12-18-8-10-25-23(29-18)28-17-6-4-16(5-7-17)26-13-19-2-1-3-20(27-19)15-9-11-33-14-15/h1-3,8-12,14,16-17,26H,4-7,13H2,(H,25,28,29)(H,30,31,32)/b21-12-. The van der Waals surface area contributed by atoms with Crippen molar-refractivity contribution in [3.05, 3.63) is 63.6 Å². The quantitative estimate of drug-likeness (QED) is 0.416. The molecule has 8 nitrogen and oxygen atoms in total. The molecule has 2 amide bonds. The number of rotatable bonds is 7. The Kier molecular flexibility index (Phi) is 6.98. The number of carbonyl (C=O) groups excluding carboxylic acids is 2. The maximum absolute atomic E-state index is 11.7. The molecular formula is C24H24N6O2S2. The van der Waals surface area contributed by atoms with Crippen molar-refractivity contribution in [2.75, 3.05) is 5.32 Å². The Morgan fingerprint density at radius 3 is 2.68 bits per heavy atom. The molecule has 1 aliphatic heterocycles. The summed E-state index contributed by atoms with van der Waals surface area (Å²) in [6.07, 6.45) is 7.42. The summed E-state index contributed by atoms with van der Waals surface area (Å²) < 4.78 is 0. The van der Waals surface area contributed by atoms with Gasteiger partial charge in [0.2, 0.25) is 5.95 Å². The van der Waals surface area contributed by atoms with Crippen LogP contribution in [-0.2, 0) is 11.3 Å². The van der Waals surface area contributed by atoms with E-state index in [1.165, 1.54) is 5.56 Å². The van der Waals surface area contributed by atoms with Crippen molar-refractivity contribution >= 4 is 46.3 Å². The van der Waals surface area contributed by atoms with Gasteiger partial charge in [0.05, 0.1) is 22.0 Å². The van der Waals surface area contributed by atoms with Crippen LogP contribution in [-0.4, -0.2) is 38.2 Å². The lowest BCUT2D eigenvalue weighted by atomic mass is 9.91. The number of anilines is 1. The summed E-state index contributed by atoms with van der Waals surface area (Å²) in [5, 5.41) is 13.2. The van der Waals surface area contributed by atoms with Crippen LogP contribution < -0.4 is 16.0 Å². The van der Waals surface area contributed by atoms with Gasteiger partial charge in [-0.25, -0.2) is 9.97 Å². The van der Waals surface area contributed by atoms with Gasteiger partial charge in [0.25, 0.3) is 11.1 Å². The van der Waals surface area contributed by atoms with Gasteiger partial charge in [-0.1, -0.05) is 6.07 Å². The molecule has 4 heterocycles. The zero-order valence-electron chi connectivity index (χ0n) is 18.4. The fraction of sp³-hybridized carbons (Fsp3) is 0.292. The summed E-state index contributed by atoms with van der Waals surface area (Å²) >= 11 is 2.57. The summed E-state index contributed by atoms with van der Waals surface area (Å²) in [5.41, 5.74) is 3.83. The number of nitrogens with one attached hydrogen (secondary N) is 3. The predicted molar refractivity (Wildman–Crippen MR) is 135 cm³/mol. The van der Waals surface area contributed by atoms with Crippen molar-refractivity contribution in [2.24, 2.45) is 0 Å². The molecule has 2 aliphatic rings. The van der Waals surface area contributed by atoms with Gasteiger partial charge in [-0.15, -0.1) is 0 Å². The number of thiophene rings is 1. The second-order valence-corrected chi connectivity index (χ2v) is 10.1. The minimum atomic E-state index is -0.387. The fourth-order valence-electron chi connectivity index (χ4n) is 4.10. The Morgan fingerprint density at radius 1 is 1.06 bits per heavy atom. The molecule has 3 N–H and O–H groups in total. The average Bonchev–Trinajstić information content (AvgIpc) is 3.49. The third-order valence-electron chi connectivity index (χ3n) is 5.85. The van der Waals surface area contributed by atoms with Crippen LogP contribution in [0.15, 0.2) is 52.2 Å². The van der Waals surface area contributed by atoms with Gasteiger partial charge in [-0.3, -0.25) is 19.9 Å². The van der Waals surface area contributed by atoms with Crippen LogP contribution in [0.1, 0.15) is 37.1 Å². The van der Waals surface area contributed by atoms with Crippen molar-refractivity contribution in [1.29, 1.82) is 0 Å². The van der Waals surface area contributed by atoms with Gasteiger partial charge in [-0.05, 0) is 73.2 Å². The number of amides is 2. The van der Waals surface area contributed by atoms with Crippen LogP contribution in [0.4, 0.5) is 10.7 Å². The van der Waals surface area contributed by atoms with Gasteiger partial charge < -0.3 is 10.6 Å². The van der Waals surface area contributed by atoms with Crippen LogP contribution >= 0.6 is 23.1 Å². The number of hydrogen-bond acceptors (Lipinski definition) is 9. The summed E-state index contributed by atoms with van der Waals surface area (Å²) in [7, 11) is 0. The topological polar surface area (TPSA) is 109 Å². The molecule has 1 saturated heterocycles. The molecular weight excluding hydrogens is 468 g/mol. The molecule has 34 heavy (non-hydrogen) atoms. The van der Waals surface area contributed by atoms with E-state index in [0.717, 1.165) is 55.4 Å². The van der Waals surface area contributed by atoms with E-state index in [1.807, 2.05) is 0 Å². The molecule has 2 fully saturated rings. The number of carbonyl (C=O) groups is 2. The first-order chi connectivity index (χ1) is 16.6. The van der Waals surface area contributed by atoms with Crippen molar-refractivity contribution in [2.45, 2.75) is 44.3 Å². The lowest BCUT2D eigenvalue weighted by Gasteiger charge is -2.29. The molecule has 5 rings (SSSR count). The number of thioether (sulfide) groups is 1. The zero-order valence-corrected chi connectivity index (χ0v) is 20.0. The Hall–Kier alpha value is -3.08. The normalized spacial score (nSPS) is 21.6. The highest BCUT2D eigenvalue weighted by Crippen LogP contribution is 2.26. The molecule has 0 aromatic carbocycles. The average molecular weight is 493 g/mol. The zero-order chi connectivity index (χ0) is 23.3. The largest absolute Gasteiger partial charge is 0.351 e. The SMILES string of the molecule is O=C1NC(=O)/C(=C/c2ccnc(NC3CCC(NCc4cccc(-c5ccsc5)n4)CC3)n2)S1. The molecule has 10 heteroatoms. The summed E-state index contributed by atoms with van der Waals surface area (Å²) in [4.78, 5) is 37.0. The molecule has 1 saturated carbocycles. The predicted octanol–water partition coefficient (Wildman–Crippen LogP) is 4.44. The molecule has 0 unspecified atom stereocenters. The van der Waals surface area contributed by atoms with Crippen molar-refractivity contribution in [1.82, 2.24) is 25.6 Å². The molecule has 3 aromatic rings. The minimum Gasteiger partial charge on any atom is -0.351 e. The highest BCUT2D eigenvalue weighted by Gasteiger charge is 2.25. The number of pyridine rings is 1. The van der Waals surface area contributed by atoms with E-state index >= 15 is 0 Å². The summed E-state index contributed by atoms with van der Waals surface area (Å²) in [5.74, 6) is 0.150. The molecule has 0 spiro atoms. The number of imide groups is 1. The van der Waals surface area contributed by atoms with Gasteiger partial charge in [0, 0.05) is 35.8 Å². The number of aromatic nitrogens is 3. The Morgan fingerprint density at radius 2 is 1.91 bits per heavy atom. The van der Waals surface area contributed by atoms with E-state index in [9.17, 15) is 9.59 Å². The van der Waals surface area contributed by atoms with Gasteiger partial charge in [0.15, 0.2) is 0 Å². The Bertz CT molecular complexity index is 1210. The third kappa shape index (κ3) is 5.69. The minimum absolute atomic E-state index is 0.298. The van der Waals surface area contributed by atoms with E-state index in [4.69, 9.17) is 4.98 Å². The lowest BCUT2D eigenvalue weighted by molar-refractivity contribution is -0.115. The van der Waals surface area contributed by atoms with E-state index in [1.54, 1.807) is 29.7 Å². The van der Waals surface area contributed by atoms with E-state index in [2.05, 4.69) is 60.9 Å². The second kappa shape index (κ2) is 10.5. The van der Waals surface area contributed by atoms with E-state index < -0.39 is 0 Å². The van der Waals surface area contributed by atoms with Crippen molar-refractivity contribution < 1.29 is 9.59 Å². The molecule has 0 radical (unpaired) electrons. The molecule has 0 atom stereocenters. The van der Waals surface area contributed by atoms with Gasteiger partial charge in [0.1, 0.15) is 0 Å². The molecule has 1 aliphatic carbocycles. The lowest BCUT2D eigenvalue weighted by Crippen LogP contribution is -2.37. The highest BCUT2D eigenvalue weighted by atomic mass is 32.2. The van der Waals surface area contributed by atoms with Crippen molar-refractivity contribution in [3.63, 3.8) is 0 Å². The van der Waals surface area contributed by atoms with Crippen LogP contribution in [0, 0.1) is 0 Å². The van der Waals surface area contributed by atoms with E-state index in [-0.39, 0.29) is 11.1 Å². The maximum atomic E-state index is 11.7. The first kappa shape index (κ1) is 22.7. The maximum Gasteiger partial charge on any atom is 0.290 e. The molecule has 3 aromatic heterocycles. The Labute approximate surface area is 205 Å². The number of hydrogen-bond donors (Lipinski definition) is 3. The van der Waals surface area contributed by atoms with Crippen LogP contribution in [0.25, 0.3) is 17.3 Å². The van der Waals surface area contributed by atoms with Crippen LogP contribution in [0.2, 0.25) is 0 Å². The summed E-state index contributed by atoms with van der Waals surface area (Å²) in [6.45, 7) is 0.759. The molecule has 0 bridgehead atoms. The number of nitrogens with zero attached hydrogens (tertiary/aromatic N) is 3. The first-order valence-electron chi connectivity index (χ1n) is 11.2. The molecule has 174 valence electrons. The fourth-order valence-corrected chi connectivity index (χ4v) is 5.42. The highest BCUT2D eigenvalue weighted by molar-refractivity contribution is 8.18. The smallest absolute Gasteiger partial charge is 0.290 e. The van der Waals surface area contributed by atoms with Gasteiger partial charge in [-0.2, -0.15) is 11.3 Å². The third-order valence-corrected chi connectivity index (χ3v) is 7.35. The first-order valence-corrected chi connectivity index (χ1v) is 12.9. The van der Waals surface area contributed by atoms with Crippen LogP contribution in [0.3, 0.4) is 0 Å².